The van der Waals surface area contributed by atoms with E-state index in [9.17, 15) is 33.2 Å². The first-order chi connectivity index (χ1) is 11.3. The summed E-state index contributed by atoms with van der Waals surface area (Å²) in [7, 11) is 0. The quantitative estimate of drug-likeness (QED) is 0.673. The van der Waals surface area contributed by atoms with Crippen LogP contribution in [0.25, 0.3) is 10.8 Å². The third kappa shape index (κ3) is 2.37. The summed E-state index contributed by atoms with van der Waals surface area (Å²) in [5.41, 5.74) is -0.249. The fraction of sp³-hybridized carbons (Fsp3) is 0.267. The van der Waals surface area contributed by atoms with Gasteiger partial charge in [-0.3, -0.25) is 14.9 Å². The average molecular weight is 340 g/mol. The summed E-state index contributed by atoms with van der Waals surface area (Å²) < 4.78 is 38.4. The molecule has 2 aromatic carbocycles. The van der Waals surface area contributed by atoms with Crippen LogP contribution in [0.4, 0.5) is 24.5 Å². The molecule has 0 spiro atoms. The number of alkyl halides is 3. The number of carbonyl (C=O) groups is 1. The zero-order chi connectivity index (χ0) is 17.6. The summed E-state index contributed by atoms with van der Waals surface area (Å²) in [6, 6.07) is 7.15. The molecule has 6 nitrogen and oxygen atoms in total. The van der Waals surface area contributed by atoms with E-state index in [2.05, 4.69) is 0 Å². The van der Waals surface area contributed by atoms with E-state index in [0.29, 0.717) is 15.8 Å². The molecule has 0 saturated carbocycles. The van der Waals surface area contributed by atoms with Crippen LogP contribution in [0, 0.1) is 10.1 Å². The fourth-order valence-corrected chi connectivity index (χ4v) is 3.07. The molecule has 0 bridgehead atoms. The Morgan fingerprint density at radius 2 is 1.96 bits per heavy atom. The number of nitro benzene ring substituents is 1. The number of halogens is 3. The van der Waals surface area contributed by atoms with Crippen LogP contribution in [0.2, 0.25) is 0 Å². The van der Waals surface area contributed by atoms with E-state index in [1.54, 1.807) is 12.1 Å². The van der Waals surface area contributed by atoms with Crippen LogP contribution in [-0.2, 0) is 4.79 Å². The Labute approximate surface area is 133 Å². The van der Waals surface area contributed by atoms with Gasteiger partial charge in [-0.1, -0.05) is 18.2 Å². The molecule has 3 rings (SSSR count). The summed E-state index contributed by atoms with van der Waals surface area (Å²) in [6.07, 6.45) is -5.11. The van der Waals surface area contributed by atoms with Crippen molar-refractivity contribution >= 4 is 28.1 Å². The Kier molecular flexibility index (Phi) is 3.67. The number of hydrogen-bond donors (Lipinski definition) is 1. The van der Waals surface area contributed by atoms with Crippen LogP contribution < -0.4 is 4.90 Å². The van der Waals surface area contributed by atoms with E-state index in [1.807, 2.05) is 0 Å². The third-order valence-corrected chi connectivity index (χ3v) is 4.05. The highest BCUT2D eigenvalue weighted by molar-refractivity contribution is 6.06. The fourth-order valence-electron chi connectivity index (χ4n) is 3.07. The van der Waals surface area contributed by atoms with Crippen molar-refractivity contribution in [3.63, 3.8) is 0 Å². The number of fused-ring (bicyclic) bond motifs is 3. The van der Waals surface area contributed by atoms with Crippen molar-refractivity contribution in [1.82, 2.24) is 0 Å². The number of aliphatic hydroxyl groups is 1. The molecule has 24 heavy (non-hydrogen) atoms. The number of carbonyl (C=O) groups excluding carboxylic acids is 1. The van der Waals surface area contributed by atoms with Crippen molar-refractivity contribution in [2.45, 2.75) is 12.1 Å². The molecule has 0 saturated heterocycles. The highest BCUT2D eigenvalue weighted by atomic mass is 19.4. The van der Waals surface area contributed by atoms with E-state index < -0.39 is 29.5 Å². The summed E-state index contributed by atoms with van der Waals surface area (Å²) >= 11 is 0. The molecule has 2 aromatic rings. The average Bonchev–Trinajstić information content (AvgIpc) is 2.91. The Hall–Kier alpha value is -2.68. The summed E-state index contributed by atoms with van der Waals surface area (Å²) in [4.78, 5) is 22.7. The van der Waals surface area contributed by atoms with Crippen molar-refractivity contribution < 1.29 is 28.0 Å². The summed E-state index contributed by atoms with van der Waals surface area (Å²) in [5, 5.41) is 21.4. The number of nitrogens with zero attached hydrogens (tertiary/aromatic N) is 2. The maximum atomic E-state index is 12.8. The molecule has 1 N–H and O–H groups in total. The molecule has 1 heterocycles. The van der Waals surface area contributed by atoms with E-state index in [-0.39, 0.29) is 23.3 Å². The third-order valence-electron chi connectivity index (χ3n) is 4.05. The highest BCUT2D eigenvalue weighted by Gasteiger charge is 2.47. The lowest BCUT2D eigenvalue weighted by atomic mass is 9.94. The zero-order valence-corrected chi connectivity index (χ0v) is 12.1. The number of benzene rings is 2. The van der Waals surface area contributed by atoms with Gasteiger partial charge in [-0.15, -0.1) is 0 Å². The predicted octanol–water partition coefficient (Wildman–Crippen LogP) is 2.73. The van der Waals surface area contributed by atoms with Gasteiger partial charge < -0.3 is 10.0 Å². The molecule has 0 aliphatic carbocycles. The minimum Gasteiger partial charge on any atom is -0.396 e. The smallest absolute Gasteiger partial charge is 0.396 e. The van der Waals surface area contributed by atoms with Gasteiger partial charge in [0.25, 0.3) is 5.69 Å². The summed E-state index contributed by atoms with van der Waals surface area (Å²) in [6.45, 7) is -0.855. The summed E-state index contributed by atoms with van der Waals surface area (Å²) in [5.74, 6) is -2.85. The van der Waals surface area contributed by atoms with Gasteiger partial charge in [0.05, 0.1) is 22.6 Å². The molecular weight excluding hydrogens is 329 g/mol. The molecule has 1 aliphatic rings. The van der Waals surface area contributed by atoms with E-state index in [1.165, 1.54) is 12.1 Å². The Morgan fingerprint density at radius 1 is 1.33 bits per heavy atom. The second-order valence-electron chi connectivity index (χ2n) is 5.42. The maximum absolute atomic E-state index is 12.8. The molecule has 0 radical (unpaired) electrons. The minimum absolute atomic E-state index is 0.179. The van der Waals surface area contributed by atoms with Gasteiger partial charge in [-0.25, -0.2) is 0 Å². The van der Waals surface area contributed by atoms with Crippen molar-refractivity contribution in [2.75, 3.05) is 18.1 Å². The number of nitro groups is 1. The van der Waals surface area contributed by atoms with Gasteiger partial charge in [-0.05, 0) is 17.0 Å². The Balaban J connectivity index is 2.31. The minimum atomic E-state index is -5.11. The molecule has 0 fully saturated rings. The second kappa shape index (κ2) is 5.45. The number of amides is 1. The lowest BCUT2D eigenvalue weighted by Crippen LogP contribution is -2.40. The van der Waals surface area contributed by atoms with Gasteiger partial charge in [0, 0.05) is 18.5 Å². The van der Waals surface area contributed by atoms with Crippen molar-refractivity contribution in [3.05, 3.63) is 46.0 Å². The SMILES string of the molecule is O=C(N1CC(CO)c2c1cc([N+](=O)[O-])c1ccccc21)C(F)(F)F. The van der Waals surface area contributed by atoms with Crippen LogP contribution in [0.15, 0.2) is 30.3 Å². The van der Waals surface area contributed by atoms with Gasteiger partial charge in [0.2, 0.25) is 0 Å². The zero-order valence-electron chi connectivity index (χ0n) is 12.1. The lowest BCUT2D eigenvalue weighted by Gasteiger charge is -2.19. The molecule has 1 atom stereocenters. The number of rotatable bonds is 2. The molecule has 9 heteroatoms. The normalized spacial score (nSPS) is 17.2. The second-order valence-corrected chi connectivity index (χ2v) is 5.42. The van der Waals surface area contributed by atoms with Gasteiger partial charge >= 0.3 is 12.1 Å². The first-order valence-electron chi connectivity index (χ1n) is 6.95. The molecule has 1 amide bonds. The number of non-ortho nitro benzene ring substituents is 1. The first-order valence-corrected chi connectivity index (χ1v) is 6.95. The molecule has 126 valence electrons. The number of anilines is 1. The number of aliphatic hydroxyl groups excluding tert-OH is 1. The van der Waals surface area contributed by atoms with Gasteiger partial charge in [0.15, 0.2) is 0 Å². The van der Waals surface area contributed by atoms with E-state index >= 15 is 0 Å². The maximum Gasteiger partial charge on any atom is 0.471 e. The highest BCUT2D eigenvalue weighted by Crippen LogP contribution is 2.45. The topological polar surface area (TPSA) is 83.7 Å². The van der Waals surface area contributed by atoms with Gasteiger partial charge in [0.1, 0.15) is 0 Å². The van der Waals surface area contributed by atoms with E-state index in [0.717, 1.165) is 6.07 Å². The van der Waals surface area contributed by atoms with Crippen LogP contribution >= 0.6 is 0 Å². The van der Waals surface area contributed by atoms with Crippen molar-refractivity contribution in [3.8, 4) is 0 Å². The first kappa shape index (κ1) is 16.2. The standard InChI is InChI=1S/C15H11F3N2O4/c16-15(17,18)14(22)19-6-8(7-21)13-10-4-2-1-3-9(10)11(20(23)24)5-12(13)19/h1-5,8,21H,6-7H2. The Bertz CT molecular complexity index is 850. The van der Waals surface area contributed by atoms with Crippen LogP contribution in [0.1, 0.15) is 11.5 Å². The van der Waals surface area contributed by atoms with Gasteiger partial charge in [-0.2, -0.15) is 13.2 Å². The monoisotopic (exact) mass is 340 g/mol. The largest absolute Gasteiger partial charge is 0.471 e. The van der Waals surface area contributed by atoms with Crippen LogP contribution in [0.3, 0.4) is 0 Å². The van der Waals surface area contributed by atoms with E-state index in [4.69, 9.17) is 0 Å². The number of hydrogen-bond acceptors (Lipinski definition) is 4. The molecule has 1 aliphatic heterocycles. The Morgan fingerprint density at radius 3 is 2.50 bits per heavy atom. The van der Waals surface area contributed by atoms with Crippen LogP contribution in [0.5, 0.6) is 0 Å². The van der Waals surface area contributed by atoms with Crippen molar-refractivity contribution in [1.29, 1.82) is 0 Å². The molecule has 0 aromatic heterocycles. The molecular formula is C15H11F3N2O4. The lowest BCUT2D eigenvalue weighted by molar-refractivity contribution is -0.383. The molecule has 1 unspecified atom stereocenters. The van der Waals surface area contributed by atoms with Crippen LogP contribution in [-0.4, -0.2) is 35.3 Å². The predicted molar refractivity (Wildman–Crippen MR) is 78.8 cm³/mol. The van der Waals surface area contributed by atoms with Crippen molar-refractivity contribution in [2.24, 2.45) is 0 Å².